The summed E-state index contributed by atoms with van der Waals surface area (Å²) in [5, 5.41) is 9.71. The number of thiophene rings is 1. The molecule has 1 aliphatic heterocycles. The molecule has 2 nitrogen and oxygen atoms in total. The Morgan fingerprint density at radius 1 is 1.44 bits per heavy atom. The van der Waals surface area contributed by atoms with E-state index in [1.165, 1.54) is 45.1 Å². The Morgan fingerprint density at radius 2 is 2.39 bits per heavy atom. The van der Waals surface area contributed by atoms with Crippen molar-refractivity contribution in [2.75, 3.05) is 6.54 Å². The van der Waals surface area contributed by atoms with E-state index in [0.29, 0.717) is 12.1 Å². The van der Waals surface area contributed by atoms with Gasteiger partial charge in [0, 0.05) is 23.0 Å². The highest BCUT2D eigenvalue weighted by molar-refractivity contribution is 7.10. The second-order valence-corrected chi connectivity index (χ2v) is 6.84. The molecule has 1 fully saturated rings. The second kappa shape index (κ2) is 5.72. The summed E-state index contributed by atoms with van der Waals surface area (Å²) in [4.78, 5) is 1.62. The second-order valence-electron chi connectivity index (χ2n) is 5.84. The quantitative estimate of drug-likeness (QED) is 0.872. The van der Waals surface area contributed by atoms with Gasteiger partial charge in [-0.2, -0.15) is 0 Å². The molecular formula is C15H24N2S. The van der Waals surface area contributed by atoms with Crippen LogP contribution in [0.1, 0.15) is 55.5 Å². The van der Waals surface area contributed by atoms with Crippen molar-refractivity contribution in [2.24, 2.45) is 0 Å². The Hall–Kier alpha value is -0.380. The minimum Gasteiger partial charge on any atom is -0.314 e. The summed E-state index contributed by atoms with van der Waals surface area (Å²) in [6.07, 6.45) is 7.95. The van der Waals surface area contributed by atoms with Gasteiger partial charge in [0.05, 0.1) is 0 Å². The van der Waals surface area contributed by atoms with Gasteiger partial charge in [-0.1, -0.05) is 0 Å². The number of hydrogen-bond acceptors (Lipinski definition) is 3. The Morgan fingerprint density at radius 3 is 3.22 bits per heavy atom. The van der Waals surface area contributed by atoms with E-state index < -0.39 is 0 Å². The van der Waals surface area contributed by atoms with E-state index in [2.05, 4.69) is 29.0 Å². The summed E-state index contributed by atoms with van der Waals surface area (Å²) < 4.78 is 0. The fourth-order valence-electron chi connectivity index (χ4n) is 3.46. The molecule has 0 bridgehead atoms. The van der Waals surface area contributed by atoms with Gasteiger partial charge in [-0.3, -0.25) is 0 Å². The first kappa shape index (κ1) is 12.6. The zero-order valence-electron chi connectivity index (χ0n) is 11.2. The standard InChI is InChI=1S/C15H24N2S/c1-11(10-12-4-3-8-16-12)17-14-5-2-6-15-13(14)7-9-18-15/h7,9,11-12,14,16-17H,2-6,8,10H2,1H3. The molecule has 0 spiro atoms. The number of fused-ring (bicyclic) bond motifs is 1. The summed E-state index contributed by atoms with van der Waals surface area (Å²) >= 11 is 1.94. The van der Waals surface area contributed by atoms with E-state index in [-0.39, 0.29) is 0 Å². The SMILES string of the molecule is CC(CC1CCCN1)NC1CCCc2sccc21. The van der Waals surface area contributed by atoms with Gasteiger partial charge in [-0.15, -0.1) is 11.3 Å². The van der Waals surface area contributed by atoms with Gasteiger partial charge >= 0.3 is 0 Å². The van der Waals surface area contributed by atoms with Crippen LogP contribution in [0.2, 0.25) is 0 Å². The fraction of sp³-hybridized carbons (Fsp3) is 0.733. The summed E-state index contributed by atoms with van der Waals surface area (Å²) in [7, 11) is 0. The van der Waals surface area contributed by atoms with Crippen molar-refractivity contribution >= 4 is 11.3 Å². The van der Waals surface area contributed by atoms with E-state index in [4.69, 9.17) is 0 Å². The van der Waals surface area contributed by atoms with Gasteiger partial charge in [0.15, 0.2) is 0 Å². The number of rotatable bonds is 4. The van der Waals surface area contributed by atoms with E-state index in [0.717, 1.165) is 6.04 Å². The molecule has 0 amide bonds. The molecule has 1 aromatic heterocycles. The lowest BCUT2D eigenvalue weighted by Gasteiger charge is -2.28. The van der Waals surface area contributed by atoms with Crippen LogP contribution in [0.15, 0.2) is 11.4 Å². The fourth-order valence-corrected chi connectivity index (χ4v) is 4.44. The summed E-state index contributed by atoms with van der Waals surface area (Å²) in [5.74, 6) is 0. The van der Waals surface area contributed by atoms with Crippen molar-refractivity contribution in [2.45, 2.75) is 63.6 Å². The topological polar surface area (TPSA) is 24.1 Å². The lowest BCUT2D eigenvalue weighted by atomic mass is 9.93. The molecule has 0 saturated carbocycles. The first-order valence-electron chi connectivity index (χ1n) is 7.38. The normalized spacial score (nSPS) is 29.2. The van der Waals surface area contributed by atoms with Gasteiger partial charge < -0.3 is 10.6 Å². The molecular weight excluding hydrogens is 240 g/mol. The zero-order chi connectivity index (χ0) is 12.4. The van der Waals surface area contributed by atoms with Crippen molar-refractivity contribution < 1.29 is 0 Å². The Labute approximate surface area is 114 Å². The largest absolute Gasteiger partial charge is 0.314 e. The third kappa shape index (κ3) is 2.79. The predicted octanol–water partition coefficient (Wildman–Crippen LogP) is 3.25. The van der Waals surface area contributed by atoms with Crippen molar-refractivity contribution in [1.82, 2.24) is 10.6 Å². The zero-order valence-corrected chi connectivity index (χ0v) is 12.1. The van der Waals surface area contributed by atoms with E-state index in [1.54, 1.807) is 10.4 Å². The van der Waals surface area contributed by atoms with Crippen LogP contribution in [0.4, 0.5) is 0 Å². The third-order valence-electron chi connectivity index (χ3n) is 4.34. The van der Waals surface area contributed by atoms with Crippen molar-refractivity contribution in [3.8, 4) is 0 Å². The number of aryl methyl sites for hydroxylation is 1. The van der Waals surface area contributed by atoms with Crippen LogP contribution in [0.25, 0.3) is 0 Å². The molecule has 3 rings (SSSR count). The minimum atomic E-state index is 0.608. The first-order chi connectivity index (χ1) is 8.83. The summed E-state index contributed by atoms with van der Waals surface area (Å²) in [6.45, 7) is 3.57. The lowest BCUT2D eigenvalue weighted by Crippen LogP contribution is -2.37. The first-order valence-corrected chi connectivity index (χ1v) is 8.26. The Balaban J connectivity index is 1.56. The van der Waals surface area contributed by atoms with E-state index in [1.807, 2.05) is 11.3 Å². The molecule has 3 heteroatoms. The van der Waals surface area contributed by atoms with E-state index in [9.17, 15) is 0 Å². The molecule has 2 heterocycles. The Kier molecular flexibility index (Phi) is 4.02. The molecule has 100 valence electrons. The van der Waals surface area contributed by atoms with Gasteiger partial charge in [0.2, 0.25) is 0 Å². The highest BCUT2D eigenvalue weighted by Gasteiger charge is 2.24. The Bertz CT molecular complexity index is 382. The minimum absolute atomic E-state index is 0.608. The molecule has 0 radical (unpaired) electrons. The highest BCUT2D eigenvalue weighted by atomic mass is 32.1. The molecule has 18 heavy (non-hydrogen) atoms. The van der Waals surface area contributed by atoms with Crippen molar-refractivity contribution in [3.63, 3.8) is 0 Å². The average molecular weight is 264 g/mol. The summed E-state index contributed by atoms with van der Waals surface area (Å²) in [5.41, 5.74) is 1.58. The monoisotopic (exact) mass is 264 g/mol. The van der Waals surface area contributed by atoms with Crippen LogP contribution >= 0.6 is 11.3 Å². The van der Waals surface area contributed by atoms with Gasteiger partial charge in [0.25, 0.3) is 0 Å². The molecule has 1 saturated heterocycles. The molecule has 2 N–H and O–H groups in total. The smallest absolute Gasteiger partial charge is 0.0333 e. The molecule has 1 aliphatic carbocycles. The van der Waals surface area contributed by atoms with Gasteiger partial charge in [-0.25, -0.2) is 0 Å². The molecule has 1 aromatic rings. The van der Waals surface area contributed by atoms with Crippen LogP contribution in [0, 0.1) is 0 Å². The number of hydrogen-bond donors (Lipinski definition) is 2. The maximum Gasteiger partial charge on any atom is 0.0333 e. The maximum atomic E-state index is 3.85. The highest BCUT2D eigenvalue weighted by Crippen LogP contribution is 2.33. The maximum absolute atomic E-state index is 3.85. The molecule has 3 unspecified atom stereocenters. The lowest BCUT2D eigenvalue weighted by molar-refractivity contribution is 0.370. The predicted molar refractivity (Wildman–Crippen MR) is 78.2 cm³/mol. The molecule has 0 aromatic carbocycles. The third-order valence-corrected chi connectivity index (χ3v) is 5.33. The van der Waals surface area contributed by atoms with Crippen molar-refractivity contribution in [1.29, 1.82) is 0 Å². The van der Waals surface area contributed by atoms with Crippen LogP contribution < -0.4 is 10.6 Å². The number of nitrogens with one attached hydrogen (secondary N) is 2. The van der Waals surface area contributed by atoms with Crippen molar-refractivity contribution in [3.05, 3.63) is 21.9 Å². The molecule has 2 aliphatic rings. The van der Waals surface area contributed by atoms with Crippen LogP contribution in [0.3, 0.4) is 0 Å². The van der Waals surface area contributed by atoms with Crippen LogP contribution in [0.5, 0.6) is 0 Å². The van der Waals surface area contributed by atoms with Gasteiger partial charge in [-0.05, 0) is 69.0 Å². The summed E-state index contributed by atoms with van der Waals surface area (Å²) in [6, 6.07) is 4.31. The average Bonchev–Trinajstić information content (AvgIpc) is 2.99. The van der Waals surface area contributed by atoms with Crippen LogP contribution in [-0.2, 0) is 6.42 Å². The van der Waals surface area contributed by atoms with E-state index >= 15 is 0 Å². The van der Waals surface area contributed by atoms with Crippen LogP contribution in [-0.4, -0.2) is 18.6 Å². The van der Waals surface area contributed by atoms with Gasteiger partial charge in [0.1, 0.15) is 0 Å². The molecule has 3 atom stereocenters.